The fourth-order valence-electron chi connectivity index (χ4n) is 3.41. The lowest BCUT2D eigenvalue weighted by Crippen LogP contribution is -2.25. The maximum Gasteiger partial charge on any atom is 0.220 e. The van der Waals surface area contributed by atoms with E-state index in [1.807, 2.05) is 12.3 Å². The lowest BCUT2D eigenvalue weighted by molar-refractivity contribution is -0.121. The number of nitrogens with one attached hydrogen (secondary N) is 2. The Hall–Kier alpha value is -2.81. The second kappa shape index (κ2) is 16.0. The molecule has 0 radical (unpaired) electrons. The number of amides is 1. The predicted molar refractivity (Wildman–Crippen MR) is 134 cm³/mol. The van der Waals surface area contributed by atoms with E-state index in [-0.39, 0.29) is 5.91 Å². The molecule has 0 saturated carbocycles. The Morgan fingerprint density at radius 2 is 1.58 bits per heavy atom. The van der Waals surface area contributed by atoms with Gasteiger partial charge >= 0.3 is 0 Å². The summed E-state index contributed by atoms with van der Waals surface area (Å²) in [5.41, 5.74) is 2.41. The van der Waals surface area contributed by atoms with Crippen molar-refractivity contribution in [3.05, 3.63) is 84.6 Å². The molecule has 1 aromatic carbocycles. The Kier molecular flexibility index (Phi) is 12.6. The third-order valence-corrected chi connectivity index (χ3v) is 5.13. The molecule has 3 nitrogen and oxygen atoms in total. The molecule has 0 aliphatic heterocycles. The molecular weight excluding hydrogens is 380 g/mol. The number of rotatable bonds is 15. The van der Waals surface area contributed by atoms with Crippen molar-refractivity contribution in [1.82, 2.24) is 10.3 Å². The smallest absolute Gasteiger partial charge is 0.220 e. The molecule has 31 heavy (non-hydrogen) atoms. The highest BCUT2D eigenvalue weighted by Crippen LogP contribution is 2.17. The van der Waals surface area contributed by atoms with Crippen LogP contribution >= 0.6 is 0 Å². The molecule has 166 valence electrons. The summed E-state index contributed by atoms with van der Waals surface area (Å²) in [5.74, 6) is 0.157. The Morgan fingerprint density at radius 3 is 2.32 bits per heavy atom. The summed E-state index contributed by atoms with van der Waals surface area (Å²) in [6, 6.07) is 8.28. The maximum atomic E-state index is 12.0. The van der Waals surface area contributed by atoms with Crippen LogP contribution in [0.3, 0.4) is 0 Å². The van der Waals surface area contributed by atoms with Crippen molar-refractivity contribution >= 4 is 16.8 Å². The number of aromatic amines is 1. The molecular formula is C28H38N2O. The SMILES string of the molecule is CC/C=C\C/C=C\C/C=C\C/C=C\CCCCC(=O)NCCc1c[nH]c2ccccc12. The first-order valence-corrected chi connectivity index (χ1v) is 11.7. The third kappa shape index (κ3) is 10.7. The molecule has 1 amide bonds. The van der Waals surface area contributed by atoms with Crippen molar-refractivity contribution in [3.63, 3.8) is 0 Å². The van der Waals surface area contributed by atoms with E-state index < -0.39 is 0 Å². The van der Waals surface area contributed by atoms with Gasteiger partial charge in [0.1, 0.15) is 0 Å². The summed E-state index contributed by atoms with van der Waals surface area (Å²) in [6.45, 7) is 2.85. The Balaban J connectivity index is 1.45. The first-order chi connectivity index (χ1) is 15.3. The van der Waals surface area contributed by atoms with Gasteiger partial charge in [-0.05, 0) is 63.0 Å². The second-order valence-corrected chi connectivity index (χ2v) is 7.71. The molecule has 0 unspecified atom stereocenters. The molecule has 0 fully saturated rings. The molecule has 2 aromatic rings. The van der Waals surface area contributed by atoms with Crippen LogP contribution in [0, 0.1) is 0 Å². The monoisotopic (exact) mass is 418 g/mol. The third-order valence-electron chi connectivity index (χ3n) is 5.13. The number of para-hydroxylation sites is 1. The first-order valence-electron chi connectivity index (χ1n) is 11.7. The zero-order chi connectivity index (χ0) is 22.0. The summed E-state index contributed by atoms with van der Waals surface area (Å²) >= 11 is 0. The number of unbranched alkanes of at least 4 members (excludes halogenated alkanes) is 2. The van der Waals surface area contributed by atoms with Gasteiger partial charge < -0.3 is 10.3 Å². The van der Waals surface area contributed by atoms with Gasteiger partial charge in [-0.3, -0.25) is 4.79 Å². The Morgan fingerprint density at radius 1 is 0.903 bits per heavy atom. The van der Waals surface area contributed by atoms with Gasteiger partial charge in [0.2, 0.25) is 5.91 Å². The van der Waals surface area contributed by atoms with Crippen molar-refractivity contribution in [2.45, 2.75) is 64.7 Å². The molecule has 3 heteroatoms. The number of hydrogen-bond donors (Lipinski definition) is 2. The molecule has 1 heterocycles. The molecule has 0 aliphatic carbocycles. The highest BCUT2D eigenvalue weighted by atomic mass is 16.1. The van der Waals surface area contributed by atoms with Gasteiger partial charge in [0, 0.05) is 30.1 Å². The van der Waals surface area contributed by atoms with Gasteiger partial charge in [-0.1, -0.05) is 73.7 Å². The first kappa shape index (κ1) is 24.5. The predicted octanol–water partition coefficient (Wildman–Crippen LogP) is 7.19. The number of carbonyl (C=O) groups excluding carboxylic acids is 1. The van der Waals surface area contributed by atoms with Crippen LogP contribution < -0.4 is 5.32 Å². The van der Waals surface area contributed by atoms with E-state index in [0.29, 0.717) is 13.0 Å². The average molecular weight is 419 g/mol. The number of allylic oxidation sites excluding steroid dienone is 8. The number of hydrogen-bond acceptors (Lipinski definition) is 1. The van der Waals surface area contributed by atoms with Gasteiger partial charge in [-0.25, -0.2) is 0 Å². The highest BCUT2D eigenvalue weighted by Gasteiger charge is 2.04. The van der Waals surface area contributed by atoms with E-state index in [1.54, 1.807) is 0 Å². The van der Waals surface area contributed by atoms with Gasteiger partial charge in [0.25, 0.3) is 0 Å². The van der Waals surface area contributed by atoms with Crippen molar-refractivity contribution in [2.75, 3.05) is 6.54 Å². The molecule has 1 aromatic heterocycles. The normalized spacial score (nSPS) is 12.3. The summed E-state index contributed by atoms with van der Waals surface area (Å²) in [7, 11) is 0. The van der Waals surface area contributed by atoms with E-state index in [4.69, 9.17) is 0 Å². The van der Waals surface area contributed by atoms with Gasteiger partial charge in [0.05, 0.1) is 0 Å². The van der Waals surface area contributed by atoms with Crippen LogP contribution in [0.2, 0.25) is 0 Å². The average Bonchev–Trinajstić information content (AvgIpc) is 3.19. The van der Waals surface area contributed by atoms with Crippen molar-refractivity contribution in [2.24, 2.45) is 0 Å². The van der Waals surface area contributed by atoms with Gasteiger partial charge in [0.15, 0.2) is 0 Å². The molecule has 0 aliphatic rings. The Bertz CT molecular complexity index is 870. The molecule has 2 N–H and O–H groups in total. The number of benzene rings is 1. The summed E-state index contributed by atoms with van der Waals surface area (Å²) in [6.07, 6.45) is 28.4. The van der Waals surface area contributed by atoms with Gasteiger partial charge in [-0.2, -0.15) is 0 Å². The van der Waals surface area contributed by atoms with Crippen LogP contribution in [0.25, 0.3) is 10.9 Å². The van der Waals surface area contributed by atoms with Gasteiger partial charge in [-0.15, -0.1) is 0 Å². The van der Waals surface area contributed by atoms with E-state index in [0.717, 1.165) is 56.9 Å². The van der Waals surface area contributed by atoms with Crippen molar-refractivity contribution in [3.8, 4) is 0 Å². The topological polar surface area (TPSA) is 44.9 Å². The van der Waals surface area contributed by atoms with Crippen molar-refractivity contribution in [1.29, 1.82) is 0 Å². The van der Waals surface area contributed by atoms with Crippen LogP contribution in [0.4, 0.5) is 0 Å². The van der Waals surface area contributed by atoms with Crippen LogP contribution in [-0.2, 0) is 11.2 Å². The highest BCUT2D eigenvalue weighted by molar-refractivity contribution is 5.83. The largest absolute Gasteiger partial charge is 0.361 e. The quantitative estimate of drug-likeness (QED) is 0.233. The number of H-pyrrole nitrogens is 1. The minimum Gasteiger partial charge on any atom is -0.361 e. The standard InChI is InChI=1S/C28H38N2O/c1-2-3-4-5-6-7-8-9-10-11-12-13-14-15-16-21-28(31)29-23-22-25-24-30-27-20-18-17-19-26(25)27/h3-4,6-7,9-10,12-13,17-20,24,30H,2,5,8,11,14-16,21-23H2,1H3,(H,29,31)/b4-3-,7-6-,10-9-,13-12-. The number of carbonyl (C=O) groups is 1. The van der Waals surface area contributed by atoms with Crippen LogP contribution in [0.15, 0.2) is 79.1 Å². The van der Waals surface area contributed by atoms with E-state index in [1.165, 1.54) is 10.9 Å². The molecule has 2 rings (SSSR count). The fourth-order valence-corrected chi connectivity index (χ4v) is 3.41. The minimum atomic E-state index is 0.157. The maximum absolute atomic E-state index is 12.0. The second-order valence-electron chi connectivity index (χ2n) is 7.71. The van der Waals surface area contributed by atoms with Crippen LogP contribution in [0.1, 0.15) is 63.9 Å². The summed E-state index contributed by atoms with van der Waals surface area (Å²) in [4.78, 5) is 15.3. The zero-order valence-electron chi connectivity index (χ0n) is 19.0. The van der Waals surface area contributed by atoms with E-state index >= 15 is 0 Å². The van der Waals surface area contributed by atoms with E-state index in [9.17, 15) is 4.79 Å². The minimum absolute atomic E-state index is 0.157. The molecule has 0 saturated heterocycles. The molecule has 0 spiro atoms. The number of aromatic nitrogens is 1. The summed E-state index contributed by atoms with van der Waals surface area (Å²) in [5, 5.41) is 4.29. The number of fused-ring (bicyclic) bond motifs is 1. The zero-order valence-corrected chi connectivity index (χ0v) is 19.0. The van der Waals surface area contributed by atoms with Crippen LogP contribution in [-0.4, -0.2) is 17.4 Å². The van der Waals surface area contributed by atoms with E-state index in [2.05, 4.69) is 84.0 Å². The van der Waals surface area contributed by atoms with Crippen LogP contribution in [0.5, 0.6) is 0 Å². The van der Waals surface area contributed by atoms with Crippen molar-refractivity contribution < 1.29 is 4.79 Å². The fraction of sp³-hybridized carbons (Fsp3) is 0.393. The Labute approximate surface area is 188 Å². The lowest BCUT2D eigenvalue weighted by Gasteiger charge is -2.04. The lowest BCUT2D eigenvalue weighted by atomic mass is 10.1. The molecule has 0 bridgehead atoms. The molecule has 0 atom stereocenters. The summed E-state index contributed by atoms with van der Waals surface area (Å²) < 4.78 is 0.